The van der Waals surface area contributed by atoms with Crippen molar-refractivity contribution in [2.24, 2.45) is 0 Å². The van der Waals surface area contributed by atoms with Crippen LogP contribution in [-0.2, 0) is 11.3 Å². The van der Waals surface area contributed by atoms with Crippen LogP contribution in [0.25, 0.3) is 33.9 Å². The topological polar surface area (TPSA) is 118 Å². The maximum Gasteiger partial charge on any atom is 0.339 e. The lowest BCUT2D eigenvalue weighted by Gasteiger charge is -2.09. The molecule has 0 saturated carbocycles. The maximum atomic E-state index is 13.1. The number of carbonyl (C=O) groups is 1. The van der Waals surface area contributed by atoms with Crippen LogP contribution in [0.2, 0.25) is 0 Å². The molecule has 0 amide bonds. The fourth-order valence-electron chi connectivity index (χ4n) is 3.57. The molecule has 0 saturated heterocycles. The van der Waals surface area contributed by atoms with Crippen LogP contribution in [0, 0.1) is 0 Å². The second-order valence-corrected chi connectivity index (χ2v) is 7.74. The summed E-state index contributed by atoms with van der Waals surface area (Å²) < 4.78 is 23.4. The minimum atomic E-state index is -0.569. The number of hydrogen-bond donors (Lipinski definition) is 0. The molecular weight excluding hydrogens is 438 g/mol. The predicted molar refractivity (Wildman–Crippen MR) is 121 cm³/mol. The first-order chi connectivity index (χ1) is 16.5. The Balaban J connectivity index is 1.43. The van der Waals surface area contributed by atoms with Crippen LogP contribution in [0.1, 0.15) is 36.1 Å². The van der Waals surface area contributed by atoms with E-state index in [0.717, 1.165) is 0 Å². The van der Waals surface area contributed by atoms with E-state index in [1.54, 1.807) is 48.5 Å². The minimum Gasteiger partial charge on any atom is -0.496 e. The third-order valence-corrected chi connectivity index (χ3v) is 5.19. The average Bonchev–Trinajstić information content (AvgIpc) is 3.62. The number of rotatable bonds is 7. The zero-order valence-electron chi connectivity index (χ0n) is 18.8. The molecule has 5 rings (SSSR count). The van der Waals surface area contributed by atoms with Gasteiger partial charge in [0.2, 0.25) is 5.82 Å². The van der Waals surface area contributed by atoms with Gasteiger partial charge in [0, 0.05) is 6.04 Å². The van der Waals surface area contributed by atoms with E-state index in [4.69, 9.17) is 18.4 Å². The summed E-state index contributed by atoms with van der Waals surface area (Å²) in [6, 6.07) is 12.5. The van der Waals surface area contributed by atoms with E-state index in [-0.39, 0.29) is 18.5 Å². The molecule has 10 nitrogen and oxygen atoms in total. The summed E-state index contributed by atoms with van der Waals surface area (Å²) in [5, 5.41) is 8.95. The Labute approximate surface area is 194 Å². The molecule has 34 heavy (non-hydrogen) atoms. The third-order valence-electron chi connectivity index (χ3n) is 5.19. The van der Waals surface area contributed by atoms with Crippen molar-refractivity contribution in [2.75, 3.05) is 7.11 Å². The molecule has 0 atom stereocenters. The highest BCUT2D eigenvalue weighted by atomic mass is 16.6. The van der Waals surface area contributed by atoms with Crippen molar-refractivity contribution in [3.63, 3.8) is 0 Å². The van der Waals surface area contributed by atoms with Gasteiger partial charge in [-0.1, -0.05) is 17.3 Å². The lowest BCUT2D eigenvalue weighted by molar-refractivity contribution is 0.0432. The molecule has 1 aromatic carbocycles. The van der Waals surface area contributed by atoms with E-state index in [1.807, 2.05) is 32.0 Å². The summed E-state index contributed by atoms with van der Waals surface area (Å²) in [6.07, 6.45) is 3.16. The molecule has 0 N–H and O–H groups in total. The normalized spacial score (nSPS) is 11.3. The quantitative estimate of drug-likeness (QED) is 0.319. The molecular formula is C24H21N5O5. The van der Waals surface area contributed by atoms with Crippen LogP contribution in [0.4, 0.5) is 0 Å². The number of pyridine rings is 1. The summed E-state index contributed by atoms with van der Waals surface area (Å²) >= 11 is 0. The zero-order chi connectivity index (χ0) is 23.7. The van der Waals surface area contributed by atoms with E-state index in [1.165, 1.54) is 0 Å². The number of esters is 1. The summed E-state index contributed by atoms with van der Waals surface area (Å²) in [4.78, 5) is 22.1. The molecule has 4 aromatic heterocycles. The number of furan rings is 1. The molecule has 0 aliphatic rings. The van der Waals surface area contributed by atoms with Crippen LogP contribution < -0.4 is 4.74 Å². The van der Waals surface area contributed by atoms with Gasteiger partial charge < -0.3 is 18.4 Å². The Morgan fingerprint density at radius 2 is 2.00 bits per heavy atom. The first kappa shape index (κ1) is 21.4. The van der Waals surface area contributed by atoms with Crippen molar-refractivity contribution in [3.05, 3.63) is 66.4 Å². The van der Waals surface area contributed by atoms with E-state index < -0.39 is 5.97 Å². The molecule has 10 heteroatoms. The number of nitrogens with zero attached hydrogens (tertiary/aromatic N) is 5. The SMILES string of the molecule is COc1ccccc1-c1noc(COC(=O)c2cc(-c3ccco3)nc3c2cnn3C(C)C)n1. The van der Waals surface area contributed by atoms with Crippen LogP contribution in [-0.4, -0.2) is 38.0 Å². The van der Waals surface area contributed by atoms with Gasteiger partial charge in [0.1, 0.15) is 11.4 Å². The van der Waals surface area contributed by atoms with E-state index >= 15 is 0 Å². The van der Waals surface area contributed by atoms with Crippen molar-refractivity contribution in [1.29, 1.82) is 0 Å². The van der Waals surface area contributed by atoms with Crippen molar-refractivity contribution in [1.82, 2.24) is 24.9 Å². The second-order valence-electron chi connectivity index (χ2n) is 7.74. The zero-order valence-corrected chi connectivity index (χ0v) is 18.8. The molecule has 0 aliphatic carbocycles. The molecule has 0 bridgehead atoms. The Hall–Kier alpha value is -4.47. The van der Waals surface area contributed by atoms with Gasteiger partial charge in [-0.15, -0.1) is 0 Å². The number of para-hydroxylation sites is 1. The first-order valence-corrected chi connectivity index (χ1v) is 10.6. The Morgan fingerprint density at radius 3 is 2.76 bits per heavy atom. The number of carbonyl (C=O) groups excluding carboxylic acids is 1. The van der Waals surface area contributed by atoms with Gasteiger partial charge in [0.25, 0.3) is 5.89 Å². The van der Waals surface area contributed by atoms with E-state index in [0.29, 0.717) is 45.2 Å². The average molecular weight is 459 g/mol. The number of fused-ring (bicyclic) bond motifs is 1. The molecule has 0 fully saturated rings. The lowest BCUT2D eigenvalue weighted by Crippen LogP contribution is -2.08. The van der Waals surface area contributed by atoms with Crippen molar-refractivity contribution >= 4 is 17.0 Å². The fraction of sp³-hybridized carbons (Fsp3) is 0.208. The number of ether oxygens (including phenoxy) is 2. The molecule has 0 unspecified atom stereocenters. The molecule has 172 valence electrons. The molecule has 4 heterocycles. The van der Waals surface area contributed by atoms with E-state index in [9.17, 15) is 4.79 Å². The Kier molecular flexibility index (Phi) is 5.54. The fourth-order valence-corrected chi connectivity index (χ4v) is 3.57. The van der Waals surface area contributed by atoms with Gasteiger partial charge >= 0.3 is 5.97 Å². The highest BCUT2D eigenvalue weighted by Crippen LogP contribution is 2.29. The van der Waals surface area contributed by atoms with Crippen LogP contribution >= 0.6 is 0 Å². The first-order valence-electron chi connectivity index (χ1n) is 10.6. The second kappa shape index (κ2) is 8.81. The maximum absolute atomic E-state index is 13.1. The highest BCUT2D eigenvalue weighted by molar-refractivity contribution is 6.03. The van der Waals surface area contributed by atoms with Gasteiger partial charge in [-0.05, 0) is 44.2 Å². The number of hydrogen-bond acceptors (Lipinski definition) is 9. The number of methoxy groups -OCH3 is 1. The van der Waals surface area contributed by atoms with Gasteiger partial charge in [0.05, 0.1) is 36.1 Å². The standard InChI is InChI=1S/C24H21N5O5/c1-14(2)29-23-17(12-25-29)16(11-18(26-23)20-9-6-10-32-20)24(30)33-13-21-27-22(28-34-21)15-7-4-5-8-19(15)31-3/h4-12,14H,13H2,1-3H3. The van der Waals surface area contributed by atoms with Crippen LogP contribution in [0.5, 0.6) is 5.75 Å². The minimum absolute atomic E-state index is 0.0486. The molecule has 0 spiro atoms. The van der Waals surface area contributed by atoms with Gasteiger partial charge in [0.15, 0.2) is 18.0 Å². The molecule has 5 aromatic rings. The van der Waals surface area contributed by atoms with Crippen LogP contribution in [0.3, 0.4) is 0 Å². The predicted octanol–water partition coefficient (Wildman–Crippen LogP) is 4.69. The third kappa shape index (κ3) is 3.90. The molecule has 0 radical (unpaired) electrons. The van der Waals surface area contributed by atoms with Gasteiger partial charge in [-0.2, -0.15) is 10.1 Å². The van der Waals surface area contributed by atoms with E-state index in [2.05, 4.69) is 20.2 Å². The highest BCUT2D eigenvalue weighted by Gasteiger charge is 2.21. The summed E-state index contributed by atoms with van der Waals surface area (Å²) in [7, 11) is 1.56. The lowest BCUT2D eigenvalue weighted by atomic mass is 10.1. The van der Waals surface area contributed by atoms with Crippen molar-refractivity contribution in [3.8, 4) is 28.6 Å². The summed E-state index contributed by atoms with van der Waals surface area (Å²) in [5.41, 5.74) is 2.05. The Morgan fingerprint density at radius 1 is 1.15 bits per heavy atom. The van der Waals surface area contributed by atoms with Gasteiger partial charge in [-0.3, -0.25) is 0 Å². The van der Waals surface area contributed by atoms with Crippen LogP contribution in [0.15, 0.2) is 63.9 Å². The number of aromatic nitrogens is 5. The summed E-state index contributed by atoms with van der Waals surface area (Å²) in [6.45, 7) is 3.78. The monoisotopic (exact) mass is 459 g/mol. The van der Waals surface area contributed by atoms with Gasteiger partial charge in [-0.25, -0.2) is 14.5 Å². The van der Waals surface area contributed by atoms with Crippen molar-refractivity contribution in [2.45, 2.75) is 26.5 Å². The molecule has 0 aliphatic heterocycles. The Bertz CT molecular complexity index is 1450. The smallest absolute Gasteiger partial charge is 0.339 e. The largest absolute Gasteiger partial charge is 0.496 e. The summed E-state index contributed by atoms with van der Waals surface area (Å²) in [5.74, 6) is 1.07. The number of benzene rings is 1. The van der Waals surface area contributed by atoms with Crippen molar-refractivity contribution < 1.29 is 23.2 Å².